The lowest BCUT2D eigenvalue weighted by molar-refractivity contribution is 0.0376. The number of thiazole rings is 1. The van der Waals surface area contributed by atoms with Gasteiger partial charge in [0.25, 0.3) is 0 Å². The van der Waals surface area contributed by atoms with E-state index in [1.807, 2.05) is 30.3 Å². The number of fused-ring (bicyclic) bond motifs is 1. The molecule has 2 aromatic heterocycles. The Morgan fingerprint density at radius 2 is 2.00 bits per heavy atom. The van der Waals surface area contributed by atoms with Crippen molar-refractivity contribution in [2.75, 3.05) is 45.9 Å². The molecule has 9 heteroatoms. The van der Waals surface area contributed by atoms with Gasteiger partial charge in [-0.2, -0.15) is 0 Å². The fourth-order valence-electron chi connectivity index (χ4n) is 3.39. The first kappa shape index (κ1) is 24.0. The minimum absolute atomic E-state index is 0. The molecule has 0 atom stereocenters. The molecule has 31 heavy (non-hydrogen) atoms. The van der Waals surface area contributed by atoms with Crippen molar-refractivity contribution < 1.29 is 9.15 Å². The number of benzene rings is 1. The van der Waals surface area contributed by atoms with Crippen molar-refractivity contribution in [3.63, 3.8) is 0 Å². The van der Waals surface area contributed by atoms with Gasteiger partial charge >= 0.3 is 0 Å². The molecule has 3 aromatic rings. The van der Waals surface area contributed by atoms with Crippen LogP contribution in [0, 0.1) is 0 Å². The van der Waals surface area contributed by atoms with E-state index >= 15 is 0 Å². The van der Waals surface area contributed by atoms with Crippen LogP contribution in [0.25, 0.3) is 21.0 Å². The summed E-state index contributed by atoms with van der Waals surface area (Å²) in [5.74, 6) is 2.44. The third-order valence-corrected chi connectivity index (χ3v) is 6.00. The van der Waals surface area contributed by atoms with Crippen LogP contribution in [-0.4, -0.2) is 61.8 Å². The standard InChI is InChI=1S/C22H29N5O2S.HI/c1-2-23-22(24-10-5-11-27-12-14-28-15-13-27)25-16-17-8-9-19(29-17)21-26-18-6-3-4-7-20(18)30-21;/h3-4,6-9H,2,5,10-16H2,1H3,(H2,23,24,25);1H. The Balaban J connectivity index is 0.00000272. The highest BCUT2D eigenvalue weighted by atomic mass is 127. The van der Waals surface area contributed by atoms with Crippen LogP contribution >= 0.6 is 35.3 Å². The average Bonchev–Trinajstić information content (AvgIpc) is 3.42. The molecule has 1 aliphatic heterocycles. The van der Waals surface area contributed by atoms with Gasteiger partial charge in [0.15, 0.2) is 16.7 Å². The van der Waals surface area contributed by atoms with E-state index in [1.54, 1.807) is 11.3 Å². The number of hydrogen-bond donors (Lipinski definition) is 2. The molecule has 7 nitrogen and oxygen atoms in total. The first-order valence-electron chi connectivity index (χ1n) is 10.6. The number of halogens is 1. The van der Waals surface area contributed by atoms with Crippen molar-refractivity contribution in [3.8, 4) is 10.8 Å². The highest BCUT2D eigenvalue weighted by molar-refractivity contribution is 14.0. The summed E-state index contributed by atoms with van der Waals surface area (Å²) in [6.07, 6.45) is 1.08. The number of morpholine rings is 1. The van der Waals surface area contributed by atoms with Gasteiger partial charge in [-0.05, 0) is 44.2 Å². The van der Waals surface area contributed by atoms with Crippen LogP contribution in [0.5, 0.6) is 0 Å². The second-order valence-corrected chi connectivity index (χ2v) is 8.21. The van der Waals surface area contributed by atoms with Crippen molar-refractivity contribution in [2.45, 2.75) is 19.9 Å². The maximum Gasteiger partial charge on any atom is 0.191 e. The smallest absolute Gasteiger partial charge is 0.191 e. The molecule has 0 bridgehead atoms. The monoisotopic (exact) mass is 555 g/mol. The number of nitrogens with zero attached hydrogens (tertiary/aromatic N) is 3. The van der Waals surface area contributed by atoms with E-state index in [4.69, 9.17) is 9.15 Å². The fourth-order valence-corrected chi connectivity index (χ4v) is 4.32. The first-order chi connectivity index (χ1) is 14.8. The molecule has 2 N–H and O–H groups in total. The summed E-state index contributed by atoms with van der Waals surface area (Å²) in [7, 11) is 0. The first-order valence-corrected chi connectivity index (χ1v) is 11.4. The lowest BCUT2D eigenvalue weighted by atomic mass is 10.3. The summed E-state index contributed by atoms with van der Waals surface area (Å²) in [6.45, 7) is 9.11. The summed E-state index contributed by atoms with van der Waals surface area (Å²) in [5, 5.41) is 7.62. The Hall–Kier alpha value is -1.69. The maximum absolute atomic E-state index is 6.00. The molecule has 1 saturated heterocycles. The number of nitrogens with one attached hydrogen (secondary N) is 2. The van der Waals surface area contributed by atoms with E-state index in [-0.39, 0.29) is 24.0 Å². The third-order valence-electron chi connectivity index (χ3n) is 4.95. The molecule has 168 valence electrons. The molecule has 4 rings (SSSR count). The summed E-state index contributed by atoms with van der Waals surface area (Å²) in [4.78, 5) is 11.8. The minimum Gasteiger partial charge on any atom is -0.457 e. The Kier molecular flexibility index (Phi) is 9.56. The highest BCUT2D eigenvalue weighted by Crippen LogP contribution is 2.31. The number of aliphatic imine (C=N–C) groups is 1. The van der Waals surface area contributed by atoms with Crippen molar-refractivity contribution in [3.05, 3.63) is 42.2 Å². The molecule has 1 aliphatic rings. The molecule has 0 unspecified atom stereocenters. The van der Waals surface area contributed by atoms with Gasteiger partial charge in [-0.3, -0.25) is 4.90 Å². The molecule has 3 heterocycles. The summed E-state index contributed by atoms with van der Waals surface area (Å²) >= 11 is 1.64. The van der Waals surface area contributed by atoms with E-state index in [1.165, 1.54) is 4.70 Å². The lowest BCUT2D eigenvalue weighted by Gasteiger charge is -2.26. The predicted octanol–water partition coefficient (Wildman–Crippen LogP) is 3.95. The molecule has 0 aliphatic carbocycles. The van der Waals surface area contributed by atoms with E-state index in [9.17, 15) is 0 Å². The van der Waals surface area contributed by atoms with Crippen molar-refractivity contribution in [1.82, 2.24) is 20.5 Å². The van der Waals surface area contributed by atoms with Crippen LogP contribution in [0.4, 0.5) is 0 Å². The summed E-state index contributed by atoms with van der Waals surface area (Å²) in [6, 6.07) is 12.1. The zero-order chi connectivity index (χ0) is 20.6. The Labute approximate surface area is 204 Å². The number of furan rings is 1. The van der Waals surface area contributed by atoms with E-state index in [2.05, 4.69) is 38.5 Å². The fraction of sp³-hybridized carbons (Fsp3) is 0.455. The minimum atomic E-state index is 0. The van der Waals surface area contributed by atoms with Gasteiger partial charge in [-0.25, -0.2) is 9.98 Å². The zero-order valence-electron chi connectivity index (χ0n) is 17.8. The highest BCUT2D eigenvalue weighted by Gasteiger charge is 2.11. The number of ether oxygens (including phenoxy) is 1. The summed E-state index contributed by atoms with van der Waals surface area (Å²) < 4.78 is 12.6. The number of hydrogen-bond acceptors (Lipinski definition) is 6. The second-order valence-electron chi connectivity index (χ2n) is 7.18. The topological polar surface area (TPSA) is 74.9 Å². The van der Waals surface area contributed by atoms with Crippen LogP contribution in [0.15, 0.2) is 45.8 Å². The number of para-hydroxylation sites is 1. The number of rotatable bonds is 8. The van der Waals surface area contributed by atoms with E-state index in [0.717, 1.165) is 80.4 Å². The lowest BCUT2D eigenvalue weighted by Crippen LogP contribution is -2.40. The van der Waals surface area contributed by atoms with Crippen molar-refractivity contribution in [2.24, 2.45) is 4.99 Å². The van der Waals surface area contributed by atoms with Gasteiger partial charge in [-0.15, -0.1) is 35.3 Å². The Bertz CT molecular complexity index is 935. The zero-order valence-corrected chi connectivity index (χ0v) is 20.9. The van der Waals surface area contributed by atoms with Gasteiger partial charge in [0.2, 0.25) is 0 Å². The normalized spacial score (nSPS) is 15.1. The predicted molar refractivity (Wildman–Crippen MR) is 137 cm³/mol. The van der Waals surface area contributed by atoms with Crippen LogP contribution in [0.2, 0.25) is 0 Å². The van der Waals surface area contributed by atoms with Gasteiger partial charge in [-0.1, -0.05) is 12.1 Å². The number of guanidine groups is 1. The quantitative estimate of drug-likeness (QED) is 0.190. The Morgan fingerprint density at radius 1 is 1.16 bits per heavy atom. The largest absolute Gasteiger partial charge is 0.457 e. The van der Waals surface area contributed by atoms with Gasteiger partial charge in [0.05, 0.1) is 23.4 Å². The molecular formula is C22H30IN5O2S. The van der Waals surface area contributed by atoms with Crippen LogP contribution in [0.1, 0.15) is 19.1 Å². The van der Waals surface area contributed by atoms with Gasteiger partial charge in [0, 0.05) is 26.2 Å². The molecular weight excluding hydrogens is 525 g/mol. The van der Waals surface area contributed by atoms with Gasteiger partial charge < -0.3 is 19.8 Å². The van der Waals surface area contributed by atoms with Crippen LogP contribution in [0.3, 0.4) is 0 Å². The van der Waals surface area contributed by atoms with E-state index in [0.29, 0.717) is 6.54 Å². The molecule has 0 spiro atoms. The van der Waals surface area contributed by atoms with Crippen molar-refractivity contribution in [1.29, 1.82) is 0 Å². The molecule has 1 aromatic carbocycles. The molecule has 0 amide bonds. The van der Waals surface area contributed by atoms with E-state index < -0.39 is 0 Å². The molecule has 1 fully saturated rings. The SMILES string of the molecule is CCNC(=NCc1ccc(-c2nc3ccccc3s2)o1)NCCCN1CCOCC1.I. The van der Waals surface area contributed by atoms with Crippen LogP contribution < -0.4 is 10.6 Å². The Morgan fingerprint density at radius 3 is 2.81 bits per heavy atom. The number of aromatic nitrogens is 1. The molecule has 0 saturated carbocycles. The third kappa shape index (κ3) is 6.90. The second kappa shape index (κ2) is 12.4. The van der Waals surface area contributed by atoms with Gasteiger partial charge in [0.1, 0.15) is 12.3 Å². The average molecular weight is 555 g/mol. The van der Waals surface area contributed by atoms with Crippen LogP contribution in [-0.2, 0) is 11.3 Å². The molecule has 0 radical (unpaired) electrons. The maximum atomic E-state index is 6.00. The summed E-state index contributed by atoms with van der Waals surface area (Å²) in [5.41, 5.74) is 1.00. The van der Waals surface area contributed by atoms with Crippen molar-refractivity contribution >= 4 is 51.5 Å².